The molecule has 2 aromatic carbocycles. The molecule has 0 saturated heterocycles. The maximum Gasteiger partial charge on any atom is 0.251 e. The molecule has 4 N–H and O–H groups in total. The van der Waals surface area contributed by atoms with E-state index in [1.807, 2.05) is 24.3 Å². The first-order valence-electron chi connectivity index (χ1n) is 8.62. The van der Waals surface area contributed by atoms with Crippen LogP contribution >= 0.6 is 0 Å². The topological polar surface area (TPSA) is 94.5 Å². The molecular formula is C21H21N3O3. The maximum absolute atomic E-state index is 12.1. The molecule has 3 rings (SSSR count). The summed E-state index contributed by atoms with van der Waals surface area (Å²) in [5.41, 5.74) is 4.08. The van der Waals surface area contributed by atoms with Gasteiger partial charge in [0, 0.05) is 36.6 Å². The lowest BCUT2D eigenvalue weighted by molar-refractivity contribution is 0.0945. The Hall–Kier alpha value is -3.38. The second-order valence-corrected chi connectivity index (χ2v) is 6.05. The second kappa shape index (κ2) is 8.82. The summed E-state index contributed by atoms with van der Waals surface area (Å²) >= 11 is 0. The molecule has 138 valence electrons. The molecule has 1 aromatic heterocycles. The van der Waals surface area contributed by atoms with Crippen molar-refractivity contribution in [3.05, 3.63) is 78.1 Å². The number of benzene rings is 2. The Bertz CT molecular complexity index is 928. The zero-order valence-electron chi connectivity index (χ0n) is 14.7. The third-order valence-corrected chi connectivity index (χ3v) is 4.00. The van der Waals surface area contributed by atoms with Gasteiger partial charge in [-0.25, -0.2) is 0 Å². The molecule has 0 unspecified atom stereocenters. The number of phenolic OH excluding ortho intramolecular Hbond substituents is 1. The van der Waals surface area contributed by atoms with E-state index < -0.39 is 0 Å². The summed E-state index contributed by atoms with van der Waals surface area (Å²) in [6, 6.07) is 16.3. The largest absolute Gasteiger partial charge is 0.508 e. The van der Waals surface area contributed by atoms with Crippen molar-refractivity contribution in [3.63, 3.8) is 0 Å². The van der Waals surface area contributed by atoms with E-state index >= 15 is 0 Å². The molecule has 0 bridgehead atoms. The van der Waals surface area contributed by atoms with E-state index in [1.165, 1.54) is 0 Å². The fourth-order valence-corrected chi connectivity index (χ4v) is 2.68. The van der Waals surface area contributed by atoms with Crippen LogP contribution in [-0.2, 0) is 6.54 Å². The van der Waals surface area contributed by atoms with Crippen molar-refractivity contribution in [2.75, 3.05) is 18.5 Å². The van der Waals surface area contributed by atoms with Gasteiger partial charge < -0.3 is 20.8 Å². The van der Waals surface area contributed by atoms with E-state index in [1.54, 1.807) is 42.7 Å². The Morgan fingerprint density at radius 3 is 2.67 bits per heavy atom. The maximum atomic E-state index is 12.1. The highest BCUT2D eigenvalue weighted by Gasteiger charge is 2.07. The monoisotopic (exact) mass is 363 g/mol. The molecule has 0 saturated carbocycles. The SMILES string of the molecule is O=C(NCCO)c1cccc(-c2cncc(NCc3cccc(O)c3)c2)c1. The molecule has 0 aliphatic carbocycles. The average molecular weight is 363 g/mol. The van der Waals surface area contributed by atoms with Crippen LogP contribution in [0.25, 0.3) is 11.1 Å². The van der Waals surface area contributed by atoms with Gasteiger partial charge in [0.15, 0.2) is 0 Å². The van der Waals surface area contributed by atoms with Gasteiger partial charge in [-0.1, -0.05) is 24.3 Å². The molecule has 0 spiro atoms. The molecule has 0 fully saturated rings. The average Bonchev–Trinajstić information content (AvgIpc) is 2.71. The number of aliphatic hydroxyl groups excluding tert-OH is 1. The van der Waals surface area contributed by atoms with Gasteiger partial charge in [0.2, 0.25) is 0 Å². The summed E-state index contributed by atoms with van der Waals surface area (Å²) in [4.78, 5) is 16.3. The summed E-state index contributed by atoms with van der Waals surface area (Å²) in [5, 5.41) is 24.3. The summed E-state index contributed by atoms with van der Waals surface area (Å²) < 4.78 is 0. The molecule has 3 aromatic rings. The minimum atomic E-state index is -0.225. The Morgan fingerprint density at radius 2 is 1.85 bits per heavy atom. The molecule has 0 aliphatic heterocycles. The number of pyridine rings is 1. The fourth-order valence-electron chi connectivity index (χ4n) is 2.68. The lowest BCUT2D eigenvalue weighted by Crippen LogP contribution is -2.26. The first kappa shape index (κ1) is 18.4. The number of anilines is 1. The number of rotatable bonds is 7. The van der Waals surface area contributed by atoms with Crippen LogP contribution in [0.5, 0.6) is 5.75 Å². The zero-order chi connectivity index (χ0) is 19.1. The van der Waals surface area contributed by atoms with E-state index in [4.69, 9.17) is 5.11 Å². The van der Waals surface area contributed by atoms with Crippen molar-refractivity contribution in [2.24, 2.45) is 0 Å². The van der Waals surface area contributed by atoms with Gasteiger partial charge in [-0.15, -0.1) is 0 Å². The standard InChI is InChI=1S/C21H21N3O3/c25-8-7-23-21(27)17-5-2-4-16(10-17)18-11-19(14-22-13-18)24-12-15-3-1-6-20(26)9-15/h1-6,9-11,13-14,24-26H,7-8,12H2,(H,23,27). The van der Waals surface area contributed by atoms with Crippen LogP contribution in [-0.4, -0.2) is 34.3 Å². The first-order valence-corrected chi connectivity index (χ1v) is 8.62. The van der Waals surface area contributed by atoms with Crippen LogP contribution in [0.4, 0.5) is 5.69 Å². The second-order valence-electron chi connectivity index (χ2n) is 6.05. The molecule has 1 heterocycles. The number of aromatic nitrogens is 1. The van der Waals surface area contributed by atoms with Gasteiger partial charge in [0.25, 0.3) is 5.91 Å². The normalized spacial score (nSPS) is 10.4. The number of aliphatic hydroxyl groups is 1. The van der Waals surface area contributed by atoms with Crippen LogP contribution in [0.3, 0.4) is 0 Å². The first-order chi connectivity index (χ1) is 13.2. The van der Waals surface area contributed by atoms with E-state index in [2.05, 4.69) is 15.6 Å². The lowest BCUT2D eigenvalue weighted by atomic mass is 10.0. The minimum Gasteiger partial charge on any atom is -0.508 e. The third-order valence-electron chi connectivity index (χ3n) is 4.00. The van der Waals surface area contributed by atoms with Crippen molar-refractivity contribution in [3.8, 4) is 16.9 Å². The zero-order valence-corrected chi connectivity index (χ0v) is 14.7. The third kappa shape index (κ3) is 5.05. The summed E-state index contributed by atoms with van der Waals surface area (Å²) in [7, 11) is 0. The quantitative estimate of drug-likeness (QED) is 0.518. The number of nitrogens with zero attached hydrogens (tertiary/aromatic N) is 1. The molecule has 0 radical (unpaired) electrons. The number of aromatic hydroxyl groups is 1. The number of amides is 1. The van der Waals surface area contributed by atoms with Crippen molar-refractivity contribution in [1.82, 2.24) is 10.3 Å². The van der Waals surface area contributed by atoms with Crippen LogP contribution in [0.15, 0.2) is 67.0 Å². The van der Waals surface area contributed by atoms with Gasteiger partial charge in [-0.05, 0) is 41.5 Å². The smallest absolute Gasteiger partial charge is 0.251 e. The Balaban J connectivity index is 1.74. The predicted molar refractivity (Wildman–Crippen MR) is 105 cm³/mol. The van der Waals surface area contributed by atoms with Gasteiger partial charge in [-0.2, -0.15) is 0 Å². The van der Waals surface area contributed by atoms with Crippen LogP contribution in [0.1, 0.15) is 15.9 Å². The molecule has 6 nitrogen and oxygen atoms in total. The highest BCUT2D eigenvalue weighted by atomic mass is 16.3. The van der Waals surface area contributed by atoms with Gasteiger partial charge in [-0.3, -0.25) is 9.78 Å². The predicted octanol–water partition coefficient (Wildman–Crippen LogP) is 2.79. The molecule has 1 amide bonds. The molecule has 27 heavy (non-hydrogen) atoms. The summed E-state index contributed by atoms with van der Waals surface area (Å²) in [6.45, 7) is 0.685. The lowest BCUT2D eigenvalue weighted by Gasteiger charge is -2.10. The Kier molecular flexibility index (Phi) is 6.02. The molecular weight excluding hydrogens is 342 g/mol. The highest BCUT2D eigenvalue weighted by molar-refractivity contribution is 5.95. The van der Waals surface area contributed by atoms with E-state index in [0.717, 1.165) is 22.4 Å². The van der Waals surface area contributed by atoms with E-state index in [0.29, 0.717) is 12.1 Å². The Morgan fingerprint density at radius 1 is 1.00 bits per heavy atom. The number of hydrogen-bond donors (Lipinski definition) is 4. The molecule has 0 atom stereocenters. The van der Waals surface area contributed by atoms with Crippen molar-refractivity contribution in [2.45, 2.75) is 6.54 Å². The number of nitrogens with one attached hydrogen (secondary N) is 2. The number of phenols is 1. The number of carbonyl (C=O) groups excluding carboxylic acids is 1. The van der Waals surface area contributed by atoms with Crippen LogP contribution < -0.4 is 10.6 Å². The molecule has 0 aliphatic rings. The summed E-state index contributed by atoms with van der Waals surface area (Å²) in [6.07, 6.45) is 3.47. The van der Waals surface area contributed by atoms with Crippen molar-refractivity contribution in [1.29, 1.82) is 0 Å². The number of carbonyl (C=O) groups is 1. The van der Waals surface area contributed by atoms with Crippen LogP contribution in [0.2, 0.25) is 0 Å². The molecule has 6 heteroatoms. The van der Waals surface area contributed by atoms with Crippen molar-refractivity contribution >= 4 is 11.6 Å². The minimum absolute atomic E-state index is 0.0950. The van der Waals surface area contributed by atoms with Crippen molar-refractivity contribution < 1.29 is 15.0 Å². The van der Waals surface area contributed by atoms with E-state index in [9.17, 15) is 9.90 Å². The fraction of sp³-hybridized carbons (Fsp3) is 0.143. The van der Waals surface area contributed by atoms with Crippen LogP contribution in [0, 0.1) is 0 Å². The van der Waals surface area contributed by atoms with Gasteiger partial charge in [0.1, 0.15) is 5.75 Å². The Labute approximate surface area is 157 Å². The van der Waals surface area contributed by atoms with Gasteiger partial charge in [0.05, 0.1) is 12.3 Å². The summed E-state index contributed by atoms with van der Waals surface area (Å²) in [5.74, 6) is 0.00879. The highest BCUT2D eigenvalue weighted by Crippen LogP contribution is 2.23. The number of hydrogen-bond acceptors (Lipinski definition) is 5. The van der Waals surface area contributed by atoms with Gasteiger partial charge >= 0.3 is 0 Å². The van der Waals surface area contributed by atoms with E-state index in [-0.39, 0.29) is 24.8 Å².